The number of carbonyl (C=O) groups excluding carboxylic acids is 1. The highest BCUT2D eigenvalue weighted by Crippen LogP contribution is 2.21. The standard InChI is InChI=1S/C10H15BrN2O2S/c1-2-15-10(14)13-6-5-12-7-8-3-4-9(11)16-8/h3-4,12H,2,5-7H2,1H3,(H,13,14). The zero-order valence-corrected chi connectivity index (χ0v) is 11.5. The van der Waals surface area contributed by atoms with Gasteiger partial charge in [-0.15, -0.1) is 11.3 Å². The monoisotopic (exact) mass is 306 g/mol. The van der Waals surface area contributed by atoms with Crippen molar-refractivity contribution in [3.63, 3.8) is 0 Å². The van der Waals surface area contributed by atoms with Crippen molar-refractivity contribution >= 4 is 33.4 Å². The maximum absolute atomic E-state index is 10.9. The summed E-state index contributed by atoms with van der Waals surface area (Å²) in [4.78, 5) is 12.2. The number of thiophene rings is 1. The molecule has 0 spiro atoms. The zero-order chi connectivity index (χ0) is 11.8. The molecule has 0 saturated carbocycles. The van der Waals surface area contributed by atoms with Gasteiger partial charge in [-0.1, -0.05) is 0 Å². The first-order valence-electron chi connectivity index (χ1n) is 5.08. The van der Waals surface area contributed by atoms with Crippen LogP contribution in [0.25, 0.3) is 0 Å². The lowest BCUT2D eigenvalue weighted by Crippen LogP contribution is -2.31. The highest BCUT2D eigenvalue weighted by Gasteiger charge is 1.99. The summed E-state index contributed by atoms with van der Waals surface area (Å²) in [5.74, 6) is 0. The number of rotatable bonds is 6. The third-order valence-corrected chi connectivity index (χ3v) is 3.40. The number of hydrogen-bond acceptors (Lipinski definition) is 4. The number of ether oxygens (including phenoxy) is 1. The molecule has 0 unspecified atom stereocenters. The number of hydrogen-bond donors (Lipinski definition) is 2. The van der Waals surface area contributed by atoms with Gasteiger partial charge in [-0.25, -0.2) is 4.79 Å². The molecule has 0 bridgehead atoms. The van der Waals surface area contributed by atoms with Crippen molar-refractivity contribution in [1.82, 2.24) is 10.6 Å². The van der Waals surface area contributed by atoms with Gasteiger partial charge in [0.1, 0.15) is 0 Å². The molecule has 1 amide bonds. The fraction of sp³-hybridized carbons (Fsp3) is 0.500. The van der Waals surface area contributed by atoms with E-state index in [9.17, 15) is 4.79 Å². The fourth-order valence-corrected chi connectivity index (χ4v) is 2.55. The van der Waals surface area contributed by atoms with Crippen LogP contribution in [0.4, 0.5) is 4.79 Å². The van der Waals surface area contributed by atoms with Crippen LogP contribution in [0.1, 0.15) is 11.8 Å². The Labute approximate surface area is 108 Å². The molecule has 4 nitrogen and oxygen atoms in total. The van der Waals surface area contributed by atoms with E-state index in [1.54, 1.807) is 18.3 Å². The van der Waals surface area contributed by atoms with Crippen LogP contribution in [-0.2, 0) is 11.3 Å². The molecular formula is C10H15BrN2O2S. The molecule has 0 fully saturated rings. The summed E-state index contributed by atoms with van der Waals surface area (Å²) in [6, 6.07) is 4.10. The van der Waals surface area contributed by atoms with E-state index >= 15 is 0 Å². The third-order valence-electron chi connectivity index (χ3n) is 1.77. The van der Waals surface area contributed by atoms with Gasteiger partial charge in [-0.2, -0.15) is 0 Å². The Bertz CT molecular complexity index is 330. The number of alkyl carbamates (subject to hydrolysis) is 1. The zero-order valence-electron chi connectivity index (χ0n) is 9.09. The second-order valence-electron chi connectivity index (χ2n) is 3.03. The molecule has 90 valence electrons. The van der Waals surface area contributed by atoms with Gasteiger partial charge in [0.05, 0.1) is 10.4 Å². The predicted molar refractivity (Wildman–Crippen MR) is 68.8 cm³/mol. The van der Waals surface area contributed by atoms with E-state index in [-0.39, 0.29) is 6.09 Å². The van der Waals surface area contributed by atoms with Crippen LogP contribution in [0.3, 0.4) is 0 Å². The van der Waals surface area contributed by atoms with E-state index in [0.717, 1.165) is 16.9 Å². The predicted octanol–water partition coefficient (Wildman–Crippen LogP) is 2.35. The van der Waals surface area contributed by atoms with E-state index in [2.05, 4.69) is 32.6 Å². The molecule has 1 rings (SSSR count). The number of nitrogens with one attached hydrogen (secondary N) is 2. The lowest BCUT2D eigenvalue weighted by Gasteiger charge is -2.05. The van der Waals surface area contributed by atoms with Gasteiger partial charge in [-0.3, -0.25) is 0 Å². The van der Waals surface area contributed by atoms with E-state index in [4.69, 9.17) is 4.74 Å². The topological polar surface area (TPSA) is 50.4 Å². The van der Waals surface area contributed by atoms with Crippen LogP contribution >= 0.6 is 27.3 Å². The van der Waals surface area contributed by atoms with Crippen LogP contribution in [0, 0.1) is 0 Å². The molecule has 1 heterocycles. The van der Waals surface area contributed by atoms with E-state index in [0.29, 0.717) is 13.2 Å². The number of carbonyl (C=O) groups is 1. The minimum absolute atomic E-state index is 0.358. The van der Waals surface area contributed by atoms with Crippen LogP contribution < -0.4 is 10.6 Å². The smallest absolute Gasteiger partial charge is 0.407 e. The Morgan fingerprint density at radius 2 is 2.31 bits per heavy atom. The van der Waals surface area contributed by atoms with Gasteiger partial charge in [0, 0.05) is 24.5 Å². The third kappa shape index (κ3) is 5.48. The quantitative estimate of drug-likeness (QED) is 0.793. The van der Waals surface area contributed by atoms with Crippen molar-refractivity contribution in [3.8, 4) is 0 Å². The van der Waals surface area contributed by atoms with Gasteiger partial charge < -0.3 is 15.4 Å². The fourth-order valence-electron chi connectivity index (χ4n) is 1.09. The van der Waals surface area contributed by atoms with Gasteiger partial charge in [0.25, 0.3) is 0 Å². The first kappa shape index (κ1) is 13.5. The molecule has 1 aromatic heterocycles. The highest BCUT2D eigenvalue weighted by molar-refractivity contribution is 9.11. The van der Waals surface area contributed by atoms with Gasteiger partial charge >= 0.3 is 6.09 Å². The van der Waals surface area contributed by atoms with Crippen LogP contribution in [0.2, 0.25) is 0 Å². The summed E-state index contributed by atoms with van der Waals surface area (Å²) >= 11 is 5.11. The van der Waals surface area contributed by atoms with Gasteiger partial charge in [-0.05, 0) is 35.0 Å². The second-order valence-corrected chi connectivity index (χ2v) is 5.58. The maximum atomic E-state index is 10.9. The van der Waals surface area contributed by atoms with Crippen molar-refractivity contribution in [2.45, 2.75) is 13.5 Å². The van der Waals surface area contributed by atoms with E-state index in [1.807, 2.05) is 6.07 Å². The van der Waals surface area contributed by atoms with E-state index < -0.39 is 0 Å². The maximum Gasteiger partial charge on any atom is 0.407 e. The molecule has 0 saturated heterocycles. The lowest BCUT2D eigenvalue weighted by molar-refractivity contribution is 0.152. The largest absolute Gasteiger partial charge is 0.450 e. The Kier molecular flexibility index (Phi) is 6.44. The average Bonchev–Trinajstić information content (AvgIpc) is 2.64. The Balaban J connectivity index is 2.02. The average molecular weight is 307 g/mol. The van der Waals surface area contributed by atoms with Crippen molar-refractivity contribution < 1.29 is 9.53 Å². The first-order chi connectivity index (χ1) is 7.72. The molecule has 1 aromatic rings. The Hall–Kier alpha value is -0.590. The first-order valence-corrected chi connectivity index (χ1v) is 6.69. The summed E-state index contributed by atoms with van der Waals surface area (Å²) in [6.45, 7) is 4.31. The minimum Gasteiger partial charge on any atom is -0.450 e. The number of halogens is 1. The molecule has 2 N–H and O–H groups in total. The van der Waals surface area contributed by atoms with Crippen LogP contribution in [0.5, 0.6) is 0 Å². The normalized spacial score (nSPS) is 10.1. The minimum atomic E-state index is -0.358. The van der Waals surface area contributed by atoms with Crippen molar-refractivity contribution in [1.29, 1.82) is 0 Å². The molecule has 0 aromatic carbocycles. The second kappa shape index (κ2) is 7.65. The SMILES string of the molecule is CCOC(=O)NCCNCc1ccc(Br)s1. The van der Waals surface area contributed by atoms with Crippen LogP contribution in [0.15, 0.2) is 15.9 Å². The Morgan fingerprint density at radius 3 is 2.94 bits per heavy atom. The lowest BCUT2D eigenvalue weighted by atomic mass is 10.4. The molecule has 0 aliphatic rings. The summed E-state index contributed by atoms with van der Waals surface area (Å²) in [6.07, 6.45) is -0.358. The Morgan fingerprint density at radius 1 is 1.50 bits per heavy atom. The molecule has 0 atom stereocenters. The van der Waals surface area contributed by atoms with Gasteiger partial charge in [0.15, 0.2) is 0 Å². The molecule has 0 aliphatic carbocycles. The van der Waals surface area contributed by atoms with E-state index in [1.165, 1.54) is 4.88 Å². The number of amides is 1. The summed E-state index contributed by atoms with van der Waals surface area (Å²) in [7, 11) is 0. The van der Waals surface area contributed by atoms with Crippen molar-refractivity contribution in [2.75, 3.05) is 19.7 Å². The summed E-state index contributed by atoms with van der Waals surface area (Å²) < 4.78 is 5.86. The molecule has 0 radical (unpaired) electrons. The van der Waals surface area contributed by atoms with Crippen molar-refractivity contribution in [2.24, 2.45) is 0 Å². The summed E-state index contributed by atoms with van der Waals surface area (Å²) in [5, 5.41) is 5.88. The molecule has 16 heavy (non-hydrogen) atoms. The molecule has 6 heteroatoms. The summed E-state index contributed by atoms with van der Waals surface area (Å²) in [5.41, 5.74) is 0. The van der Waals surface area contributed by atoms with Gasteiger partial charge in [0.2, 0.25) is 0 Å². The molecular weight excluding hydrogens is 292 g/mol. The van der Waals surface area contributed by atoms with Crippen molar-refractivity contribution in [3.05, 3.63) is 20.8 Å². The van der Waals surface area contributed by atoms with Crippen LogP contribution in [-0.4, -0.2) is 25.8 Å². The molecule has 0 aliphatic heterocycles. The highest BCUT2D eigenvalue weighted by atomic mass is 79.9.